The van der Waals surface area contributed by atoms with E-state index in [1.54, 1.807) is 43.3 Å². The number of esters is 1. The van der Waals surface area contributed by atoms with Crippen LogP contribution in [0.2, 0.25) is 10.0 Å². The van der Waals surface area contributed by atoms with Gasteiger partial charge in [-0.2, -0.15) is 4.31 Å². The smallest absolute Gasteiger partial charge is 0.338 e. The number of rotatable bonds is 8. The molecule has 0 amide bonds. The van der Waals surface area contributed by atoms with Gasteiger partial charge in [-0.15, -0.1) is 0 Å². The number of carbonyl (C=O) groups is 1. The second-order valence-electron chi connectivity index (χ2n) is 6.88. The monoisotopic (exact) mass is 495 g/mol. The number of nitrogens with zero attached hydrogens (tertiary/aromatic N) is 1. The quantitative estimate of drug-likeness (QED) is 0.376. The van der Waals surface area contributed by atoms with Gasteiger partial charge < -0.3 is 4.74 Å². The van der Waals surface area contributed by atoms with Gasteiger partial charge in [0, 0.05) is 23.1 Å². The Morgan fingerprint density at radius 3 is 2.22 bits per heavy atom. The third kappa shape index (κ3) is 5.86. The van der Waals surface area contributed by atoms with Crippen molar-refractivity contribution in [2.24, 2.45) is 0 Å². The van der Waals surface area contributed by atoms with Gasteiger partial charge in [0.05, 0.1) is 17.1 Å². The molecule has 0 aromatic heterocycles. The van der Waals surface area contributed by atoms with E-state index in [0.29, 0.717) is 26.7 Å². The van der Waals surface area contributed by atoms with Crippen LogP contribution in [0.15, 0.2) is 71.6 Å². The highest BCUT2D eigenvalue weighted by Crippen LogP contribution is 2.27. The molecule has 32 heavy (non-hydrogen) atoms. The molecule has 3 aromatic rings. The molecule has 0 saturated carbocycles. The molecule has 3 rings (SSSR count). The number of sulfonamides is 1. The zero-order valence-corrected chi connectivity index (χ0v) is 19.4. The second kappa shape index (κ2) is 10.4. The highest BCUT2D eigenvalue weighted by Gasteiger charge is 2.26. The first kappa shape index (κ1) is 24.2. The zero-order valence-electron chi connectivity index (χ0n) is 17.1. The van der Waals surface area contributed by atoms with E-state index in [-0.39, 0.29) is 24.6 Å². The van der Waals surface area contributed by atoms with Gasteiger partial charge in [0.15, 0.2) is 0 Å². The van der Waals surface area contributed by atoms with Crippen LogP contribution in [0.3, 0.4) is 0 Å². The number of carbonyl (C=O) groups excluding carboxylic acids is 1. The highest BCUT2D eigenvalue weighted by molar-refractivity contribution is 7.89. The van der Waals surface area contributed by atoms with Gasteiger partial charge in [0.2, 0.25) is 10.0 Å². The van der Waals surface area contributed by atoms with E-state index in [1.165, 1.54) is 22.5 Å². The first-order valence-corrected chi connectivity index (χ1v) is 11.9. The van der Waals surface area contributed by atoms with Gasteiger partial charge in [-0.25, -0.2) is 17.6 Å². The van der Waals surface area contributed by atoms with Crippen molar-refractivity contribution >= 4 is 39.2 Å². The Hall–Kier alpha value is -2.45. The van der Waals surface area contributed by atoms with Gasteiger partial charge in [-0.05, 0) is 66.6 Å². The van der Waals surface area contributed by atoms with Gasteiger partial charge in [0.25, 0.3) is 0 Å². The zero-order chi connectivity index (χ0) is 23.3. The highest BCUT2D eigenvalue weighted by atomic mass is 35.5. The summed E-state index contributed by atoms with van der Waals surface area (Å²) in [6.45, 7) is 1.94. The van der Waals surface area contributed by atoms with Crippen molar-refractivity contribution in [1.82, 2.24) is 4.31 Å². The van der Waals surface area contributed by atoms with Crippen LogP contribution in [0.25, 0.3) is 0 Å². The fraction of sp³-hybridized carbons (Fsp3) is 0.174. The molecule has 0 aliphatic heterocycles. The van der Waals surface area contributed by atoms with Crippen LogP contribution in [0, 0.1) is 5.82 Å². The van der Waals surface area contributed by atoms with Crippen LogP contribution < -0.4 is 0 Å². The van der Waals surface area contributed by atoms with E-state index < -0.39 is 21.8 Å². The average molecular weight is 496 g/mol. The van der Waals surface area contributed by atoms with Crippen molar-refractivity contribution < 1.29 is 22.3 Å². The molecule has 0 aliphatic rings. The summed E-state index contributed by atoms with van der Waals surface area (Å²) in [4.78, 5) is 11.8. The van der Waals surface area contributed by atoms with Crippen molar-refractivity contribution in [3.8, 4) is 0 Å². The lowest BCUT2D eigenvalue weighted by molar-refractivity contribution is 0.0526. The summed E-state index contributed by atoms with van der Waals surface area (Å²) in [6.07, 6.45) is 0. The minimum absolute atomic E-state index is 0.00176. The van der Waals surface area contributed by atoms with Crippen LogP contribution in [0.5, 0.6) is 0 Å². The van der Waals surface area contributed by atoms with Crippen LogP contribution in [0.4, 0.5) is 4.39 Å². The molecule has 0 aliphatic carbocycles. The van der Waals surface area contributed by atoms with Crippen molar-refractivity contribution in [3.05, 3.63) is 99.3 Å². The van der Waals surface area contributed by atoms with E-state index in [1.807, 2.05) is 0 Å². The Kier molecular flexibility index (Phi) is 7.90. The summed E-state index contributed by atoms with van der Waals surface area (Å²) in [7, 11) is -3.99. The molecule has 168 valence electrons. The summed E-state index contributed by atoms with van der Waals surface area (Å²) in [6, 6.07) is 15.9. The van der Waals surface area contributed by atoms with Crippen LogP contribution in [-0.2, 0) is 27.8 Å². The lowest BCUT2D eigenvalue weighted by atomic mass is 10.1. The molecule has 5 nitrogen and oxygen atoms in total. The Morgan fingerprint density at radius 1 is 0.969 bits per heavy atom. The van der Waals surface area contributed by atoms with Gasteiger partial charge >= 0.3 is 5.97 Å². The SMILES string of the molecule is CCOC(=O)c1ccc(CN(Cc2ccc(Cl)cc2Cl)S(=O)(=O)c2ccc(F)cc2)cc1. The molecule has 0 atom stereocenters. The predicted molar refractivity (Wildman–Crippen MR) is 122 cm³/mol. The maximum absolute atomic E-state index is 13.4. The second-order valence-corrected chi connectivity index (χ2v) is 9.66. The van der Waals surface area contributed by atoms with Gasteiger partial charge in [0.1, 0.15) is 5.82 Å². The number of halogens is 3. The average Bonchev–Trinajstić information content (AvgIpc) is 2.76. The standard InChI is InChI=1S/C23H20Cl2FNO4S/c1-2-31-23(28)17-5-3-16(4-6-17)14-27(15-18-7-8-19(24)13-22(18)25)32(29,30)21-11-9-20(26)10-12-21/h3-13H,2,14-15H2,1H3. The van der Waals surface area contributed by atoms with E-state index in [9.17, 15) is 17.6 Å². The Balaban J connectivity index is 1.94. The molecule has 0 radical (unpaired) electrons. The maximum Gasteiger partial charge on any atom is 0.338 e. The van der Waals surface area contributed by atoms with Crippen molar-refractivity contribution in [3.63, 3.8) is 0 Å². The summed E-state index contributed by atoms with van der Waals surface area (Å²) in [5, 5.41) is 0.760. The van der Waals surface area contributed by atoms with E-state index >= 15 is 0 Å². The minimum Gasteiger partial charge on any atom is -0.462 e. The molecule has 0 heterocycles. The van der Waals surface area contributed by atoms with E-state index in [0.717, 1.165) is 12.1 Å². The molecule has 0 fully saturated rings. The number of ether oxygens (including phenoxy) is 1. The molecule has 0 spiro atoms. The topological polar surface area (TPSA) is 63.7 Å². The Labute approximate surface area is 196 Å². The molecule has 0 unspecified atom stereocenters. The third-order valence-electron chi connectivity index (χ3n) is 4.64. The molecule has 0 N–H and O–H groups in total. The summed E-state index contributed by atoms with van der Waals surface area (Å²) < 4.78 is 46.2. The first-order valence-electron chi connectivity index (χ1n) is 9.66. The molecular formula is C23H20Cl2FNO4S. The summed E-state index contributed by atoms with van der Waals surface area (Å²) in [5.41, 5.74) is 1.57. The fourth-order valence-electron chi connectivity index (χ4n) is 2.99. The van der Waals surface area contributed by atoms with E-state index in [4.69, 9.17) is 27.9 Å². The molecule has 9 heteroatoms. The van der Waals surface area contributed by atoms with Crippen molar-refractivity contribution in [2.75, 3.05) is 6.61 Å². The number of hydrogen-bond donors (Lipinski definition) is 0. The normalized spacial score (nSPS) is 11.5. The first-order chi connectivity index (χ1) is 15.2. The summed E-state index contributed by atoms with van der Waals surface area (Å²) in [5.74, 6) is -0.992. The van der Waals surface area contributed by atoms with Gasteiger partial charge in [-0.3, -0.25) is 0 Å². The molecular weight excluding hydrogens is 476 g/mol. The molecule has 0 bridgehead atoms. The van der Waals surface area contributed by atoms with Crippen LogP contribution in [0.1, 0.15) is 28.4 Å². The van der Waals surface area contributed by atoms with Crippen molar-refractivity contribution in [2.45, 2.75) is 24.9 Å². The van der Waals surface area contributed by atoms with Crippen LogP contribution in [-0.4, -0.2) is 25.3 Å². The Bertz CT molecular complexity index is 1200. The third-order valence-corrected chi connectivity index (χ3v) is 7.03. The summed E-state index contributed by atoms with van der Waals surface area (Å²) >= 11 is 12.2. The number of benzene rings is 3. The predicted octanol–water partition coefficient (Wildman–Crippen LogP) is 5.70. The van der Waals surface area contributed by atoms with Crippen LogP contribution >= 0.6 is 23.2 Å². The fourth-order valence-corrected chi connectivity index (χ4v) is 4.86. The molecule has 0 saturated heterocycles. The maximum atomic E-state index is 13.4. The lowest BCUT2D eigenvalue weighted by Crippen LogP contribution is -2.30. The minimum atomic E-state index is -3.99. The van der Waals surface area contributed by atoms with E-state index in [2.05, 4.69) is 0 Å². The Morgan fingerprint density at radius 2 is 1.62 bits per heavy atom. The number of hydrogen-bond acceptors (Lipinski definition) is 4. The lowest BCUT2D eigenvalue weighted by Gasteiger charge is -2.23. The van der Waals surface area contributed by atoms with Crippen molar-refractivity contribution in [1.29, 1.82) is 0 Å². The van der Waals surface area contributed by atoms with Gasteiger partial charge in [-0.1, -0.05) is 41.4 Å². The molecule has 3 aromatic carbocycles. The largest absolute Gasteiger partial charge is 0.462 e.